The minimum atomic E-state index is -0.583. The second kappa shape index (κ2) is 12.7. The van der Waals surface area contributed by atoms with Gasteiger partial charge in [-0.3, -0.25) is 9.59 Å². The maximum atomic E-state index is 13.6. The maximum absolute atomic E-state index is 13.6. The number of benzene rings is 3. The monoisotopic (exact) mass is 456 g/mol. The summed E-state index contributed by atoms with van der Waals surface area (Å²) in [5.74, 6) is -0.126. The van der Waals surface area contributed by atoms with E-state index in [0.717, 1.165) is 23.1 Å². The lowest BCUT2D eigenvalue weighted by atomic mass is 10.0. The zero-order chi connectivity index (χ0) is 24.3. The third-order valence-electron chi connectivity index (χ3n) is 5.96. The first-order valence-electron chi connectivity index (χ1n) is 12.2. The lowest BCUT2D eigenvalue weighted by Crippen LogP contribution is -2.51. The lowest BCUT2D eigenvalue weighted by Gasteiger charge is -2.32. The van der Waals surface area contributed by atoms with Gasteiger partial charge in [-0.15, -0.1) is 0 Å². The number of aryl methyl sites for hydroxylation is 2. The van der Waals surface area contributed by atoms with Crippen LogP contribution in [-0.4, -0.2) is 28.8 Å². The summed E-state index contributed by atoms with van der Waals surface area (Å²) in [7, 11) is 0. The van der Waals surface area contributed by atoms with Crippen molar-refractivity contribution in [3.8, 4) is 0 Å². The number of nitrogens with zero attached hydrogens (tertiary/aromatic N) is 1. The Bertz CT molecular complexity index is 1030. The molecule has 34 heavy (non-hydrogen) atoms. The largest absolute Gasteiger partial charge is 0.352 e. The molecule has 178 valence electrons. The van der Waals surface area contributed by atoms with Gasteiger partial charge in [-0.2, -0.15) is 0 Å². The molecule has 0 saturated carbocycles. The van der Waals surface area contributed by atoms with Crippen molar-refractivity contribution in [1.29, 1.82) is 0 Å². The van der Waals surface area contributed by atoms with Crippen molar-refractivity contribution in [2.24, 2.45) is 0 Å². The number of amides is 2. The molecule has 0 saturated heterocycles. The van der Waals surface area contributed by atoms with E-state index < -0.39 is 6.04 Å². The second-order valence-electron chi connectivity index (χ2n) is 9.05. The molecule has 0 aliphatic rings. The molecule has 0 bridgehead atoms. The molecular weight excluding hydrogens is 420 g/mol. The lowest BCUT2D eigenvalue weighted by molar-refractivity contribution is -0.141. The van der Waals surface area contributed by atoms with Crippen molar-refractivity contribution in [3.05, 3.63) is 107 Å². The van der Waals surface area contributed by atoms with E-state index >= 15 is 0 Å². The predicted molar refractivity (Wildman–Crippen MR) is 138 cm³/mol. The molecule has 3 aromatic carbocycles. The van der Waals surface area contributed by atoms with E-state index in [1.54, 1.807) is 4.90 Å². The van der Waals surface area contributed by atoms with Gasteiger partial charge in [0.15, 0.2) is 0 Å². The van der Waals surface area contributed by atoms with Gasteiger partial charge in [-0.05, 0) is 48.9 Å². The molecule has 0 radical (unpaired) electrons. The minimum Gasteiger partial charge on any atom is -0.352 e. The van der Waals surface area contributed by atoms with Crippen LogP contribution in [-0.2, 0) is 35.4 Å². The fourth-order valence-electron chi connectivity index (χ4n) is 4.05. The van der Waals surface area contributed by atoms with Crippen molar-refractivity contribution < 1.29 is 9.59 Å². The zero-order valence-corrected chi connectivity index (χ0v) is 20.5. The summed E-state index contributed by atoms with van der Waals surface area (Å²) < 4.78 is 0. The van der Waals surface area contributed by atoms with Crippen LogP contribution in [0.2, 0.25) is 0 Å². The van der Waals surface area contributed by atoms with Crippen molar-refractivity contribution in [3.63, 3.8) is 0 Å². The third-order valence-corrected chi connectivity index (χ3v) is 5.96. The first-order chi connectivity index (χ1) is 16.5. The summed E-state index contributed by atoms with van der Waals surface area (Å²) in [4.78, 5) is 28.7. The molecule has 0 spiro atoms. The molecule has 0 aliphatic carbocycles. The summed E-state index contributed by atoms with van der Waals surface area (Å²) in [5.41, 5.74) is 4.47. The average Bonchev–Trinajstić information content (AvgIpc) is 2.85. The van der Waals surface area contributed by atoms with E-state index in [0.29, 0.717) is 25.8 Å². The van der Waals surface area contributed by atoms with Crippen molar-refractivity contribution >= 4 is 11.8 Å². The highest BCUT2D eigenvalue weighted by Gasteiger charge is 2.30. The highest BCUT2D eigenvalue weighted by Crippen LogP contribution is 2.17. The molecule has 1 N–H and O–H groups in total. The molecule has 0 unspecified atom stereocenters. The van der Waals surface area contributed by atoms with Crippen LogP contribution in [0.4, 0.5) is 0 Å². The van der Waals surface area contributed by atoms with Crippen LogP contribution in [0.5, 0.6) is 0 Å². The maximum Gasteiger partial charge on any atom is 0.243 e. The van der Waals surface area contributed by atoms with Crippen molar-refractivity contribution in [1.82, 2.24) is 10.2 Å². The summed E-state index contributed by atoms with van der Waals surface area (Å²) in [6, 6.07) is 27.7. The summed E-state index contributed by atoms with van der Waals surface area (Å²) in [5, 5.41) is 3.04. The highest BCUT2D eigenvalue weighted by molar-refractivity contribution is 5.88. The Balaban J connectivity index is 1.86. The van der Waals surface area contributed by atoms with Gasteiger partial charge in [-0.25, -0.2) is 0 Å². The smallest absolute Gasteiger partial charge is 0.243 e. The van der Waals surface area contributed by atoms with Crippen LogP contribution in [0, 0.1) is 0 Å². The number of nitrogens with one attached hydrogen (secondary N) is 1. The van der Waals surface area contributed by atoms with E-state index in [2.05, 4.69) is 36.5 Å². The van der Waals surface area contributed by atoms with E-state index in [9.17, 15) is 9.59 Å². The molecule has 4 heteroatoms. The molecule has 0 fully saturated rings. The molecule has 0 aliphatic heterocycles. The van der Waals surface area contributed by atoms with Crippen LogP contribution >= 0.6 is 0 Å². The molecule has 0 aromatic heterocycles. The van der Waals surface area contributed by atoms with Crippen LogP contribution < -0.4 is 5.32 Å². The summed E-state index contributed by atoms with van der Waals surface area (Å²) in [6.07, 6.45) is 2.48. The number of hydrogen-bond acceptors (Lipinski definition) is 2. The molecule has 3 aromatic rings. The number of hydrogen-bond donors (Lipinski definition) is 1. The van der Waals surface area contributed by atoms with Gasteiger partial charge in [-0.1, -0.05) is 91.9 Å². The average molecular weight is 457 g/mol. The zero-order valence-electron chi connectivity index (χ0n) is 20.5. The Labute approximate surface area is 204 Å². The molecule has 4 nitrogen and oxygen atoms in total. The topological polar surface area (TPSA) is 49.4 Å². The second-order valence-corrected chi connectivity index (χ2v) is 9.05. The van der Waals surface area contributed by atoms with Gasteiger partial charge in [0.1, 0.15) is 6.04 Å². The summed E-state index contributed by atoms with van der Waals surface area (Å²) >= 11 is 0. The van der Waals surface area contributed by atoms with Crippen LogP contribution in [0.15, 0.2) is 84.9 Å². The van der Waals surface area contributed by atoms with Gasteiger partial charge in [0.05, 0.1) is 0 Å². The number of carbonyl (C=O) groups is 2. The third kappa shape index (κ3) is 7.58. The van der Waals surface area contributed by atoms with E-state index in [-0.39, 0.29) is 17.9 Å². The van der Waals surface area contributed by atoms with E-state index in [4.69, 9.17) is 0 Å². The predicted octanol–water partition coefficient (Wildman–Crippen LogP) is 5.35. The van der Waals surface area contributed by atoms with Gasteiger partial charge in [0.2, 0.25) is 11.8 Å². The molecule has 2 amide bonds. The Kier molecular flexibility index (Phi) is 9.45. The Hall–Kier alpha value is -3.40. The fraction of sp³-hybridized carbons (Fsp3) is 0.333. The van der Waals surface area contributed by atoms with Crippen LogP contribution in [0.25, 0.3) is 0 Å². The molecule has 1 atom stereocenters. The van der Waals surface area contributed by atoms with Crippen molar-refractivity contribution in [2.45, 2.75) is 65.1 Å². The van der Waals surface area contributed by atoms with Crippen LogP contribution in [0.1, 0.15) is 49.4 Å². The Morgan fingerprint density at radius 2 is 1.32 bits per heavy atom. The molecule has 0 heterocycles. The van der Waals surface area contributed by atoms with E-state index in [1.165, 1.54) is 5.56 Å². The Morgan fingerprint density at radius 1 is 0.765 bits per heavy atom. The Morgan fingerprint density at radius 3 is 1.88 bits per heavy atom. The number of rotatable bonds is 11. The van der Waals surface area contributed by atoms with Gasteiger partial charge >= 0.3 is 0 Å². The van der Waals surface area contributed by atoms with Crippen LogP contribution in [0.3, 0.4) is 0 Å². The SMILES string of the molecule is CCc1ccc(CCC(=O)N(Cc2ccccc2)[C@@H](Cc2ccccc2)C(=O)NC(C)C)cc1. The first kappa shape index (κ1) is 25.2. The van der Waals surface area contributed by atoms with Crippen molar-refractivity contribution in [2.75, 3.05) is 0 Å². The van der Waals surface area contributed by atoms with E-state index in [1.807, 2.05) is 74.5 Å². The highest BCUT2D eigenvalue weighted by atomic mass is 16.2. The number of carbonyl (C=O) groups excluding carboxylic acids is 2. The van der Waals surface area contributed by atoms with Gasteiger partial charge in [0.25, 0.3) is 0 Å². The summed E-state index contributed by atoms with van der Waals surface area (Å²) in [6.45, 7) is 6.42. The first-order valence-corrected chi connectivity index (χ1v) is 12.2. The fourth-order valence-corrected chi connectivity index (χ4v) is 4.05. The molecule has 3 rings (SSSR count). The standard InChI is InChI=1S/C30H36N2O2/c1-4-24-15-17-25(18-16-24)19-20-29(33)32(22-27-13-9-6-10-14-27)28(30(34)31-23(2)3)21-26-11-7-5-8-12-26/h5-18,23,28H,4,19-22H2,1-3H3,(H,31,34)/t28-/m0/s1. The van der Waals surface area contributed by atoms with Gasteiger partial charge < -0.3 is 10.2 Å². The normalized spacial score (nSPS) is 11.8. The minimum absolute atomic E-state index is 0.00321. The van der Waals surface area contributed by atoms with Gasteiger partial charge in [0, 0.05) is 25.4 Å². The quantitative estimate of drug-likeness (QED) is 0.423. The molecular formula is C30H36N2O2.